The van der Waals surface area contributed by atoms with E-state index in [4.69, 9.17) is 4.98 Å². The minimum absolute atomic E-state index is 0.0441. The molecule has 1 fully saturated rings. The average molecular weight is 885 g/mol. The molecule has 330 valence electrons. The Morgan fingerprint density at radius 3 is 1.83 bits per heavy atom. The summed E-state index contributed by atoms with van der Waals surface area (Å²) in [5, 5.41) is 3.66. The highest BCUT2D eigenvalue weighted by Crippen LogP contribution is 2.67. The highest BCUT2D eigenvalue weighted by molar-refractivity contribution is 6.15. The summed E-state index contributed by atoms with van der Waals surface area (Å²) in [7, 11) is 0. The Bertz CT molecular complexity index is 3890. The molecule has 2 heteroatoms. The van der Waals surface area contributed by atoms with Crippen molar-refractivity contribution in [3.05, 3.63) is 240 Å². The van der Waals surface area contributed by atoms with Gasteiger partial charge in [0.2, 0.25) is 0 Å². The Morgan fingerprint density at radius 2 is 1.00 bits per heavy atom. The lowest BCUT2D eigenvalue weighted by atomic mass is 9.47. The van der Waals surface area contributed by atoms with Crippen LogP contribution in [0.15, 0.2) is 206 Å². The van der Waals surface area contributed by atoms with Crippen LogP contribution in [0.25, 0.3) is 82.9 Å². The average Bonchev–Trinajstić information content (AvgIpc) is 3.79. The first-order chi connectivity index (χ1) is 34.2. The van der Waals surface area contributed by atoms with Crippen LogP contribution in [-0.2, 0) is 5.41 Å². The van der Waals surface area contributed by atoms with Crippen molar-refractivity contribution in [3.63, 3.8) is 0 Å². The Kier molecular flexibility index (Phi) is 8.71. The monoisotopic (exact) mass is 884 g/mol. The zero-order valence-electron chi connectivity index (χ0n) is 38.8. The molecule has 0 amide bonds. The first-order valence-corrected chi connectivity index (χ1v) is 25.6. The second kappa shape index (κ2) is 15.2. The number of hydrogen-bond donors (Lipinski definition) is 0. The lowest BCUT2D eigenvalue weighted by molar-refractivity contribution is 0.238. The molecule has 5 unspecified atom stereocenters. The number of imidazole rings is 1. The van der Waals surface area contributed by atoms with Crippen LogP contribution >= 0.6 is 0 Å². The van der Waals surface area contributed by atoms with E-state index in [1.165, 1.54) is 132 Å². The van der Waals surface area contributed by atoms with Gasteiger partial charge in [-0.2, -0.15) is 0 Å². The van der Waals surface area contributed by atoms with Crippen molar-refractivity contribution in [1.29, 1.82) is 0 Å². The van der Waals surface area contributed by atoms with Gasteiger partial charge in [0.15, 0.2) is 0 Å². The molecule has 0 aliphatic heterocycles. The first-order valence-electron chi connectivity index (χ1n) is 25.6. The summed E-state index contributed by atoms with van der Waals surface area (Å²) in [5.41, 5.74) is 24.1. The molecule has 2 heterocycles. The van der Waals surface area contributed by atoms with E-state index in [1.807, 2.05) is 0 Å². The molecule has 9 aromatic carbocycles. The van der Waals surface area contributed by atoms with Crippen LogP contribution in [0.1, 0.15) is 102 Å². The number of rotatable bonds is 1. The third-order valence-electron chi connectivity index (χ3n) is 17.5. The van der Waals surface area contributed by atoms with E-state index < -0.39 is 0 Å². The topological polar surface area (TPSA) is 17.3 Å². The van der Waals surface area contributed by atoms with Crippen molar-refractivity contribution < 1.29 is 0 Å². The maximum absolute atomic E-state index is 5.23. The van der Waals surface area contributed by atoms with Crippen molar-refractivity contribution in [2.75, 3.05) is 0 Å². The summed E-state index contributed by atoms with van der Waals surface area (Å²) in [4.78, 5) is 5.23. The largest absolute Gasteiger partial charge is 0.292 e. The predicted molar refractivity (Wildman–Crippen MR) is 286 cm³/mol. The lowest BCUT2D eigenvalue weighted by Gasteiger charge is -2.55. The summed E-state index contributed by atoms with van der Waals surface area (Å²) in [5.74, 6) is 1.20. The number of fused-ring (bicyclic) bond motifs is 24. The molecule has 15 rings (SSSR count). The molecule has 0 N–H and O–H groups in total. The molecule has 4 aliphatic carbocycles. The van der Waals surface area contributed by atoms with Gasteiger partial charge in [-0.15, -0.1) is 0 Å². The van der Waals surface area contributed by atoms with Crippen molar-refractivity contribution in [1.82, 2.24) is 9.38 Å². The molecule has 2 nitrogen and oxygen atoms in total. The fourth-order valence-corrected chi connectivity index (χ4v) is 14.9. The number of aromatic nitrogens is 2. The van der Waals surface area contributed by atoms with Gasteiger partial charge in [-0.25, -0.2) is 4.98 Å². The van der Waals surface area contributed by atoms with Gasteiger partial charge < -0.3 is 0 Å². The molecule has 11 aromatic rings. The summed E-state index contributed by atoms with van der Waals surface area (Å²) < 4.78 is 2.39. The highest BCUT2D eigenvalue weighted by atomic mass is 15.0. The van der Waals surface area contributed by atoms with Crippen LogP contribution in [0, 0.1) is 0 Å². The van der Waals surface area contributed by atoms with E-state index in [0.717, 1.165) is 29.5 Å². The molecule has 3 bridgehead atoms. The summed E-state index contributed by atoms with van der Waals surface area (Å²) >= 11 is 0. The van der Waals surface area contributed by atoms with Crippen LogP contribution in [-0.4, -0.2) is 9.38 Å². The number of nitrogens with zero attached hydrogens (tertiary/aromatic N) is 2. The highest BCUT2D eigenvalue weighted by Gasteiger charge is 2.55. The fourth-order valence-electron chi connectivity index (χ4n) is 14.9. The molecule has 1 saturated carbocycles. The Hall–Kier alpha value is -7.55. The van der Waals surface area contributed by atoms with Gasteiger partial charge in [-0.3, -0.25) is 4.40 Å². The van der Waals surface area contributed by atoms with Gasteiger partial charge >= 0.3 is 0 Å². The maximum Gasteiger partial charge on any atom is 0.146 e. The van der Waals surface area contributed by atoms with Gasteiger partial charge in [-0.05, 0) is 157 Å². The number of pyridine rings is 1. The van der Waals surface area contributed by atoms with Crippen LogP contribution in [0.3, 0.4) is 0 Å². The molecular weight excluding hydrogens is 833 g/mol. The van der Waals surface area contributed by atoms with E-state index in [9.17, 15) is 0 Å². The van der Waals surface area contributed by atoms with Gasteiger partial charge in [0, 0.05) is 22.1 Å². The van der Waals surface area contributed by atoms with E-state index in [1.54, 1.807) is 0 Å². The lowest BCUT2D eigenvalue weighted by Crippen LogP contribution is -2.45. The molecule has 5 atom stereocenters. The Labute approximate surface area is 404 Å². The number of para-hydroxylation sites is 2. The summed E-state index contributed by atoms with van der Waals surface area (Å²) in [6, 6.07) is 80.2. The molecule has 0 saturated heterocycles. The Balaban J connectivity index is 1.11. The molecule has 1 spiro atoms. The van der Waals surface area contributed by atoms with Gasteiger partial charge in [0.05, 0.1) is 16.6 Å². The smallest absolute Gasteiger partial charge is 0.146 e. The minimum Gasteiger partial charge on any atom is -0.292 e. The normalized spacial score (nSPS) is 21.3. The molecular formula is C67H52N2. The molecule has 69 heavy (non-hydrogen) atoms. The van der Waals surface area contributed by atoms with E-state index >= 15 is 0 Å². The second-order valence-corrected chi connectivity index (χ2v) is 20.7. The summed E-state index contributed by atoms with van der Waals surface area (Å²) in [6.45, 7) is 0. The van der Waals surface area contributed by atoms with Crippen LogP contribution < -0.4 is 0 Å². The van der Waals surface area contributed by atoms with Crippen LogP contribution in [0.5, 0.6) is 0 Å². The molecule has 0 radical (unpaired) electrons. The van der Waals surface area contributed by atoms with Crippen LogP contribution in [0.2, 0.25) is 0 Å². The first kappa shape index (κ1) is 39.4. The standard InChI is InChI=1S/C67H52N2/c1-2-19-44-41-67-59-33-14-13-27-52(59)50-24-6-9-26-53(50)60(67)38-36-42(18-1)45-20-3-5-22-48(45)49-23-7-11-29-55(49)65(67)57-32-17-31-47(64(57)54-28-10-4-21-46(44)54)43-37-39-62-58(40-43)51-25-8-12-30-56(51)66-68-61-34-15-16-35-63(61)69(62)66/h3-17,20-35,37,39-40,42,44,60,65H,1-2,18-19,36,38,41H2. The van der Waals surface area contributed by atoms with Gasteiger partial charge in [0.25, 0.3) is 0 Å². The third-order valence-corrected chi connectivity index (χ3v) is 17.5. The maximum atomic E-state index is 5.23. The van der Waals surface area contributed by atoms with Crippen molar-refractivity contribution in [2.24, 2.45) is 0 Å². The Morgan fingerprint density at radius 1 is 0.406 bits per heavy atom. The van der Waals surface area contributed by atoms with Gasteiger partial charge in [-0.1, -0.05) is 195 Å². The SMILES string of the molecule is c1ccc2c(c1)-c1ccccc1C1c3cccc(-c4ccc5c(c4)c4ccccc4c4nc6ccccc6n54)c3-c3ccccc3C3CCCCC2CCC2c4ccccc4-c4ccccc4C21C3. The number of benzene rings is 9. The van der Waals surface area contributed by atoms with Gasteiger partial charge in [0.1, 0.15) is 5.65 Å². The minimum atomic E-state index is -0.262. The van der Waals surface area contributed by atoms with E-state index in [2.05, 4.69) is 211 Å². The molecule has 4 aliphatic rings. The van der Waals surface area contributed by atoms with E-state index in [0.29, 0.717) is 17.8 Å². The zero-order valence-corrected chi connectivity index (χ0v) is 38.8. The quantitative estimate of drug-likeness (QED) is 0.150. The van der Waals surface area contributed by atoms with Crippen molar-refractivity contribution >= 4 is 38.4 Å². The number of hydrogen-bond acceptors (Lipinski definition) is 1. The molecule has 2 aromatic heterocycles. The van der Waals surface area contributed by atoms with E-state index in [-0.39, 0.29) is 11.3 Å². The van der Waals surface area contributed by atoms with Crippen molar-refractivity contribution in [2.45, 2.75) is 74.0 Å². The second-order valence-electron chi connectivity index (χ2n) is 20.7. The summed E-state index contributed by atoms with van der Waals surface area (Å²) in [6.07, 6.45) is 8.25. The van der Waals surface area contributed by atoms with Crippen molar-refractivity contribution in [3.8, 4) is 44.5 Å². The third kappa shape index (κ3) is 5.63. The predicted octanol–water partition coefficient (Wildman–Crippen LogP) is 17.6. The fraction of sp³-hybridized carbons (Fsp3) is 0.179. The zero-order chi connectivity index (χ0) is 45.2. The van der Waals surface area contributed by atoms with Crippen LogP contribution in [0.4, 0.5) is 0 Å².